The molecule has 3 aromatic heterocycles. The van der Waals surface area contributed by atoms with Gasteiger partial charge in [-0.05, 0) is 44.6 Å². The van der Waals surface area contributed by atoms with E-state index in [1.165, 1.54) is 0 Å². The predicted molar refractivity (Wildman–Crippen MR) is 125 cm³/mol. The average molecular weight is 457 g/mol. The summed E-state index contributed by atoms with van der Waals surface area (Å²) in [6.45, 7) is 2.88. The van der Waals surface area contributed by atoms with Gasteiger partial charge < -0.3 is 24.7 Å². The molecule has 0 saturated heterocycles. The number of urea groups is 1. The maximum Gasteiger partial charge on any atom is 0.320 e. The van der Waals surface area contributed by atoms with Crippen molar-refractivity contribution in [2.24, 2.45) is 0 Å². The van der Waals surface area contributed by atoms with Gasteiger partial charge in [0.25, 0.3) is 0 Å². The molecule has 4 rings (SSSR count). The van der Waals surface area contributed by atoms with Crippen LogP contribution >= 0.6 is 0 Å². The van der Waals surface area contributed by atoms with Gasteiger partial charge in [0.15, 0.2) is 0 Å². The van der Waals surface area contributed by atoms with Crippen LogP contribution in [0.5, 0.6) is 11.6 Å². The molecule has 1 fully saturated rings. The van der Waals surface area contributed by atoms with Crippen LogP contribution in [0.15, 0.2) is 30.6 Å². The summed E-state index contributed by atoms with van der Waals surface area (Å²) in [4.78, 5) is 26.0. The number of aromatic amines is 1. The summed E-state index contributed by atoms with van der Waals surface area (Å²) in [6, 6.07) is 4.87. The lowest BCUT2D eigenvalue weighted by Crippen LogP contribution is -2.38. The minimum absolute atomic E-state index is 0.0738. The summed E-state index contributed by atoms with van der Waals surface area (Å²) in [5, 5.41) is 6.03. The van der Waals surface area contributed by atoms with Gasteiger partial charge >= 0.3 is 6.03 Å². The summed E-state index contributed by atoms with van der Waals surface area (Å²) in [7, 11) is 3.40. The molecule has 0 spiro atoms. The highest BCUT2D eigenvalue weighted by Crippen LogP contribution is 2.42. The molecule has 2 amide bonds. The van der Waals surface area contributed by atoms with E-state index < -0.39 is 12.2 Å². The van der Waals surface area contributed by atoms with Crippen LogP contribution in [0.2, 0.25) is 0 Å². The minimum atomic E-state index is -1.15. The third kappa shape index (κ3) is 5.51. The summed E-state index contributed by atoms with van der Waals surface area (Å²) in [5.74, 6) is 1.52. The molecule has 1 saturated carbocycles. The van der Waals surface area contributed by atoms with E-state index in [9.17, 15) is 9.18 Å². The van der Waals surface area contributed by atoms with Gasteiger partial charge in [-0.1, -0.05) is 6.92 Å². The Hall–Kier alpha value is -3.40. The molecule has 0 radical (unpaired) electrons. The van der Waals surface area contributed by atoms with Crippen molar-refractivity contribution in [2.45, 2.75) is 32.0 Å². The number of alkyl halides is 1. The Kier molecular flexibility index (Phi) is 6.93. The molecule has 1 atom stereocenters. The number of hydrogen-bond acceptors (Lipinski definition) is 6. The van der Waals surface area contributed by atoms with Crippen LogP contribution in [0.1, 0.15) is 19.8 Å². The second kappa shape index (κ2) is 10.0. The Morgan fingerprint density at radius 2 is 2.18 bits per heavy atom. The summed E-state index contributed by atoms with van der Waals surface area (Å²) >= 11 is 0. The molecule has 0 aromatic carbocycles. The van der Waals surface area contributed by atoms with Crippen LogP contribution in [0.25, 0.3) is 22.2 Å². The molecule has 3 heterocycles. The number of methoxy groups -OCH3 is 1. The molecule has 9 nitrogen and oxygen atoms in total. The number of anilines is 1. The Labute approximate surface area is 191 Å². The first-order valence-electron chi connectivity index (χ1n) is 11.0. The van der Waals surface area contributed by atoms with Crippen LogP contribution in [0.3, 0.4) is 0 Å². The van der Waals surface area contributed by atoms with Crippen LogP contribution in [0, 0.1) is 0 Å². The second-order valence-electron chi connectivity index (χ2n) is 8.09. The molecule has 3 N–H and O–H groups in total. The zero-order chi connectivity index (χ0) is 23.4. The highest BCUT2D eigenvalue weighted by molar-refractivity contribution is 5.98. The number of carbonyl (C=O) groups excluding carboxylic acids is 1. The van der Waals surface area contributed by atoms with E-state index in [0.717, 1.165) is 35.9 Å². The fourth-order valence-corrected chi connectivity index (χ4v) is 3.47. The van der Waals surface area contributed by atoms with Crippen molar-refractivity contribution in [3.05, 3.63) is 30.6 Å². The third-order valence-corrected chi connectivity index (χ3v) is 5.47. The van der Waals surface area contributed by atoms with E-state index in [0.29, 0.717) is 23.1 Å². The predicted octanol–water partition coefficient (Wildman–Crippen LogP) is 3.59. The summed E-state index contributed by atoms with van der Waals surface area (Å²) in [6.07, 6.45) is 4.63. The number of ether oxygens (including phenoxy) is 2. The number of halogens is 1. The van der Waals surface area contributed by atoms with E-state index in [4.69, 9.17) is 9.47 Å². The normalized spacial score (nSPS) is 14.3. The number of amides is 2. The van der Waals surface area contributed by atoms with Gasteiger partial charge in [-0.3, -0.25) is 5.32 Å². The lowest BCUT2D eigenvalue weighted by Gasteiger charge is -2.17. The molecular weight excluding hydrogens is 427 g/mol. The number of nitrogens with one attached hydrogen (secondary N) is 3. The zero-order valence-corrected chi connectivity index (χ0v) is 19.0. The molecule has 1 unspecified atom stereocenters. The van der Waals surface area contributed by atoms with Gasteiger partial charge in [0.1, 0.15) is 23.4 Å². The van der Waals surface area contributed by atoms with Gasteiger partial charge in [0.2, 0.25) is 5.88 Å². The molecular formula is C23H29FN6O3. The van der Waals surface area contributed by atoms with Crippen LogP contribution in [-0.4, -0.2) is 72.0 Å². The van der Waals surface area contributed by atoms with Crippen molar-refractivity contribution in [2.75, 3.05) is 39.1 Å². The third-order valence-electron chi connectivity index (χ3n) is 5.47. The van der Waals surface area contributed by atoms with Crippen molar-refractivity contribution >= 4 is 22.9 Å². The van der Waals surface area contributed by atoms with Gasteiger partial charge in [0.05, 0.1) is 25.3 Å². The van der Waals surface area contributed by atoms with Crippen molar-refractivity contribution in [3.63, 3.8) is 0 Å². The van der Waals surface area contributed by atoms with E-state index in [2.05, 4.69) is 25.6 Å². The molecule has 0 bridgehead atoms. The quantitative estimate of drug-likeness (QED) is 0.431. The molecule has 0 aliphatic heterocycles. The largest absolute Gasteiger partial charge is 0.490 e. The van der Waals surface area contributed by atoms with Crippen molar-refractivity contribution < 1.29 is 18.7 Å². The number of H-pyrrole nitrogens is 1. The first kappa shape index (κ1) is 22.8. The van der Waals surface area contributed by atoms with E-state index in [1.807, 2.05) is 37.2 Å². The molecule has 33 heavy (non-hydrogen) atoms. The number of rotatable bonds is 10. The number of pyridine rings is 2. The molecule has 3 aromatic rings. The summed E-state index contributed by atoms with van der Waals surface area (Å²) in [5.41, 5.74) is 2.18. The highest BCUT2D eigenvalue weighted by atomic mass is 19.1. The summed E-state index contributed by atoms with van der Waals surface area (Å²) < 4.78 is 25.5. The van der Waals surface area contributed by atoms with Crippen LogP contribution in [-0.2, 0) is 0 Å². The number of nitrogens with zero attached hydrogens (tertiary/aromatic N) is 3. The van der Waals surface area contributed by atoms with E-state index >= 15 is 0 Å². The maximum absolute atomic E-state index is 14.0. The standard InChI is InChI=1S/C23H29FN6O3/c1-4-30(2)13-14(24)11-27-23(31)29-19-8-7-16-17(12-26-21(16)28-19)20-18(33-15-5-6-15)9-10-25-22(20)32-3/h7-10,12,14-15H,4-6,11,13H2,1-3H3,(H3,26,27,28,29,31). The van der Waals surface area contributed by atoms with Crippen molar-refractivity contribution in [1.29, 1.82) is 0 Å². The first-order chi connectivity index (χ1) is 16.0. The molecule has 10 heteroatoms. The molecule has 1 aliphatic rings. The molecule has 1 aliphatic carbocycles. The monoisotopic (exact) mass is 456 g/mol. The first-order valence-corrected chi connectivity index (χ1v) is 11.0. The Bertz CT molecular complexity index is 1120. The SMILES string of the molecule is CCN(C)CC(F)CNC(=O)Nc1ccc2c(-c3c(OC4CC4)ccnc3OC)c[nH]c2n1. The van der Waals surface area contributed by atoms with Crippen LogP contribution < -0.4 is 20.1 Å². The topological polar surface area (TPSA) is 104 Å². The Morgan fingerprint density at radius 3 is 2.91 bits per heavy atom. The number of fused-ring (bicyclic) bond motifs is 1. The fourth-order valence-electron chi connectivity index (χ4n) is 3.47. The Balaban J connectivity index is 1.49. The second-order valence-corrected chi connectivity index (χ2v) is 8.09. The van der Waals surface area contributed by atoms with Crippen molar-refractivity contribution in [3.8, 4) is 22.8 Å². The van der Waals surface area contributed by atoms with Gasteiger partial charge in [-0.15, -0.1) is 0 Å². The maximum atomic E-state index is 14.0. The van der Waals surface area contributed by atoms with E-state index in [1.54, 1.807) is 19.4 Å². The highest BCUT2D eigenvalue weighted by Gasteiger charge is 2.27. The fraction of sp³-hybridized carbons (Fsp3) is 0.435. The lowest BCUT2D eigenvalue weighted by molar-refractivity contribution is 0.216. The Morgan fingerprint density at radius 1 is 1.36 bits per heavy atom. The van der Waals surface area contributed by atoms with Crippen LogP contribution in [0.4, 0.5) is 15.0 Å². The molecule has 176 valence electrons. The number of hydrogen-bond donors (Lipinski definition) is 3. The van der Waals surface area contributed by atoms with Crippen molar-refractivity contribution in [1.82, 2.24) is 25.2 Å². The zero-order valence-electron chi connectivity index (χ0n) is 19.0. The smallest absolute Gasteiger partial charge is 0.320 e. The van der Waals surface area contributed by atoms with Gasteiger partial charge in [-0.2, -0.15) is 0 Å². The van der Waals surface area contributed by atoms with Gasteiger partial charge in [-0.25, -0.2) is 19.2 Å². The van der Waals surface area contributed by atoms with Gasteiger partial charge in [0, 0.05) is 29.9 Å². The van der Waals surface area contributed by atoms with E-state index in [-0.39, 0.29) is 19.2 Å². The number of aromatic nitrogens is 3. The average Bonchev–Trinajstić information content (AvgIpc) is 3.54. The lowest BCUT2D eigenvalue weighted by atomic mass is 10.1. The number of carbonyl (C=O) groups is 1. The minimum Gasteiger partial charge on any atom is -0.490 e.